The molecular formula is C35H46O5. The first kappa shape index (κ1) is 31.2. The second-order valence-electron chi connectivity index (χ2n) is 11.6. The number of hydrogen-bond donors (Lipinski definition) is 1. The van der Waals surface area contributed by atoms with Gasteiger partial charge in [0.05, 0.1) is 0 Å². The number of ether oxygens (including phenoxy) is 3. The van der Waals surface area contributed by atoms with E-state index in [1.54, 1.807) is 19.1 Å². The molecule has 2 aliphatic carbocycles. The largest absolute Gasteiger partial charge is 0.508 e. The number of phenolic OH excluding ortho intramolecular Hbond substituents is 1. The van der Waals surface area contributed by atoms with E-state index in [-0.39, 0.29) is 29.5 Å². The average molecular weight is 547 g/mol. The smallest absolute Gasteiger partial charge is 0.333 e. The summed E-state index contributed by atoms with van der Waals surface area (Å²) in [4.78, 5) is 11.6. The van der Waals surface area contributed by atoms with Gasteiger partial charge < -0.3 is 19.3 Å². The molecule has 0 spiro atoms. The Morgan fingerprint density at radius 3 is 2.05 bits per heavy atom. The molecule has 5 heteroatoms. The van der Waals surface area contributed by atoms with Gasteiger partial charge in [0.2, 0.25) is 0 Å². The molecular weight excluding hydrogens is 500 g/mol. The van der Waals surface area contributed by atoms with Gasteiger partial charge in [0.25, 0.3) is 0 Å². The molecule has 0 heterocycles. The highest BCUT2D eigenvalue weighted by Gasteiger charge is 2.62. The Hall–Kier alpha value is -3.31. The minimum absolute atomic E-state index is 0.0884. The lowest BCUT2D eigenvalue weighted by Gasteiger charge is -2.38. The number of phenols is 1. The molecule has 4 atom stereocenters. The molecule has 216 valence electrons. The summed E-state index contributed by atoms with van der Waals surface area (Å²) in [6, 6.07) is 15.0. The van der Waals surface area contributed by atoms with E-state index in [9.17, 15) is 9.90 Å². The zero-order valence-corrected chi connectivity index (χ0v) is 25.0. The zero-order valence-electron chi connectivity index (χ0n) is 25.0. The van der Waals surface area contributed by atoms with Crippen molar-refractivity contribution < 1.29 is 24.1 Å². The lowest BCUT2D eigenvalue weighted by atomic mass is 9.70. The van der Waals surface area contributed by atoms with Gasteiger partial charge in [-0.2, -0.15) is 0 Å². The molecule has 2 fully saturated rings. The average Bonchev–Trinajstić information content (AvgIpc) is 3.26. The SMILES string of the molecule is C=C(C)C(=O)OC1CC2CCC1(C)C2(C)C.CCOC(CC)Oc1ccc(C=CC=Cc2ccc(O)cc2)cc1. The van der Waals surface area contributed by atoms with Crippen LogP contribution in [-0.2, 0) is 14.3 Å². The van der Waals surface area contributed by atoms with Gasteiger partial charge in [0, 0.05) is 24.0 Å². The van der Waals surface area contributed by atoms with E-state index >= 15 is 0 Å². The van der Waals surface area contributed by atoms with Gasteiger partial charge in [0.15, 0.2) is 6.29 Å². The van der Waals surface area contributed by atoms with Crippen LogP contribution in [0.2, 0.25) is 0 Å². The highest BCUT2D eigenvalue weighted by Crippen LogP contribution is 2.66. The molecule has 2 saturated carbocycles. The van der Waals surface area contributed by atoms with Crippen LogP contribution in [0.15, 0.2) is 72.8 Å². The molecule has 0 radical (unpaired) electrons. The molecule has 4 unspecified atom stereocenters. The van der Waals surface area contributed by atoms with Crippen LogP contribution in [0.4, 0.5) is 0 Å². The van der Waals surface area contributed by atoms with Crippen LogP contribution in [0, 0.1) is 16.7 Å². The van der Waals surface area contributed by atoms with Crippen molar-refractivity contribution in [2.24, 2.45) is 16.7 Å². The summed E-state index contributed by atoms with van der Waals surface area (Å²) < 4.78 is 16.9. The molecule has 2 aromatic carbocycles. The van der Waals surface area contributed by atoms with Crippen molar-refractivity contribution in [1.82, 2.24) is 0 Å². The Balaban J connectivity index is 0.000000238. The van der Waals surface area contributed by atoms with Gasteiger partial charge in [-0.15, -0.1) is 0 Å². The number of carbonyl (C=O) groups excluding carboxylic acids is 1. The van der Waals surface area contributed by atoms with Crippen molar-refractivity contribution in [2.45, 2.75) is 79.6 Å². The Bertz CT molecular complexity index is 1180. The summed E-state index contributed by atoms with van der Waals surface area (Å²) in [7, 11) is 0. The summed E-state index contributed by atoms with van der Waals surface area (Å²) in [5.74, 6) is 1.57. The van der Waals surface area contributed by atoms with Gasteiger partial charge in [-0.25, -0.2) is 4.79 Å². The Kier molecular flexibility index (Phi) is 10.8. The van der Waals surface area contributed by atoms with Crippen LogP contribution in [-0.4, -0.2) is 30.1 Å². The molecule has 2 aromatic rings. The molecule has 2 aliphatic rings. The summed E-state index contributed by atoms with van der Waals surface area (Å²) in [5.41, 5.74) is 3.10. The number of allylic oxidation sites excluding steroid dienone is 2. The van der Waals surface area contributed by atoms with Gasteiger partial charge in [0.1, 0.15) is 17.6 Å². The molecule has 0 amide bonds. The first-order valence-corrected chi connectivity index (χ1v) is 14.4. The number of rotatable bonds is 10. The van der Waals surface area contributed by atoms with E-state index in [0.717, 1.165) is 29.7 Å². The monoisotopic (exact) mass is 546 g/mol. The van der Waals surface area contributed by atoms with Crippen LogP contribution in [0.1, 0.15) is 78.4 Å². The van der Waals surface area contributed by atoms with Crippen LogP contribution in [0.3, 0.4) is 0 Å². The van der Waals surface area contributed by atoms with Crippen molar-refractivity contribution in [1.29, 1.82) is 0 Å². The third-order valence-corrected chi connectivity index (χ3v) is 8.73. The summed E-state index contributed by atoms with van der Waals surface area (Å²) in [6.07, 6.45) is 12.2. The van der Waals surface area contributed by atoms with E-state index in [1.807, 2.05) is 74.5 Å². The summed E-state index contributed by atoms with van der Waals surface area (Å²) in [5, 5.41) is 9.24. The molecule has 0 aromatic heterocycles. The first-order chi connectivity index (χ1) is 19.0. The minimum Gasteiger partial charge on any atom is -0.508 e. The fourth-order valence-electron chi connectivity index (χ4n) is 5.69. The van der Waals surface area contributed by atoms with Gasteiger partial charge >= 0.3 is 5.97 Å². The highest BCUT2D eigenvalue weighted by atomic mass is 16.7. The van der Waals surface area contributed by atoms with Crippen LogP contribution >= 0.6 is 0 Å². The quantitative estimate of drug-likeness (QED) is 0.140. The van der Waals surface area contributed by atoms with Gasteiger partial charge in [-0.3, -0.25) is 0 Å². The summed E-state index contributed by atoms with van der Waals surface area (Å²) >= 11 is 0. The Morgan fingerprint density at radius 2 is 1.60 bits per heavy atom. The van der Waals surface area contributed by atoms with Crippen LogP contribution < -0.4 is 4.74 Å². The topological polar surface area (TPSA) is 65.0 Å². The van der Waals surface area contributed by atoms with Crippen molar-refractivity contribution in [3.05, 3.63) is 84.0 Å². The van der Waals surface area contributed by atoms with E-state index in [1.165, 1.54) is 12.8 Å². The fraction of sp³-hybridized carbons (Fsp3) is 0.457. The minimum atomic E-state index is -0.227. The maximum atomic E-state index is 11.6. The Labute approximate surface area is 240 Å². The van der Waals surface area contributed by atoms with Crippen LogP contribution in [0.5, 0.6) is 11.5 Å². The number of fused-ring (bicyclic) bond motifs is 2. The van der Waals surface area contributed by atoms with Crippen molar-refractivity contribution >= 4 is 18.1 Å². The number of carbonyl (C=O) groups is 1. The molecule has 1 N–H and O–H groups in total. The van der Waals surface area contributed by atoms with E-state index < -0.39 is 0 Å². The maximum Gasteiger partial charge on any atom is 0.333 e. The molecule has 2 bridgehead atoms. The van der Waals surface area contributed by atoms with E-state index in [0.29, 0.717) is 23.5 Å². The number of aromatic hydroxyl groups is 1. The standard InChI is InChI=1S/C21H24O3.C14H22O2/c1-3-21(23-4-2)24-20-15-11-18(12-16-20)8-6-5-7-17-9-13-19(22)14-10-17;1-9(2)12(15)16-11-8-10-6-7-14(11,5)13(10,3)4/h5-16,21-22H,3-4H2,1-2H3;10-11H,1,6-8H2,2-5H3. The molecule has 5 nitrogen and oxygen atoms in total. The zero-order chi connectivity index (χ0) is 29.3. The lowest BCUT2D eigenvalue weighted by Crippen LogP contribution is -2.38. The number of benzene rings is 2. The van der Waals surface area contributed by atoms with Gasteiger partial charge in [-0.1, -0.05) is 82.8 Å². The molecule has 40 heavy (non-hydrogen) atoms. The van der Waals surface area contributed by atoms with Crippen LogP contribution in [0.25, 0.3) is 12.2 Å². The third-order valence-electron chi connectivity index (χ3n) is 8.73. The van der Waals surface area contributed by atoms with E-state index in [2.05, 4.69) is 27.4 Å². The predicted octanol–water partition coefficient (Wildman–Crippen LogP) is 8.59. The van der Waals surface area contributed by atoms with Crippen molar-refractivity contribution in [2.75, 3.05) is 6.61 Å². The molecule has 4 rings (SSSR count). The van der Waals surface area contributed by atoms with Crippen molar-refractivity contribution in [3.63, 3.8) is 0 Å². The second kappa shape index (κ2) is 13.8. The first-order valence-electron chi connectivity index (χ1n) is 14.4. The molecule has 0 saturated heterocycles. The number of hydrogen-bond acceptors (Lipinski definition) is 5. The summed E-state index contributed by atoms with van der Waals surface area (Å²) in [6.45, 7) is 16.9. The predicted molar refractivity (Wildman–Crippen MR) is 163 cm³/mol. The Morgan fingerprint density at radius 1 is 1.02 bits per heavy atom. The highest BCUT2D eigenvalue weighted by molar-refractivity contribution is 5.87. The van der Waals surface area contributed by atoms with Crippen molar-refractivity contribution in [3.8, 4) is 11.5 Å². The third kappa shape index (κ3) is 7.66. The lowest BCUT2D eigenvalue weighted by molar-refractivity contribution is -0.151. The van der Waals surface area contributed by atoms with Gasteiger partial charge in [-0.05, 0) is 79.8 Å². The number of esters is 1. The molecule has 0 aliphatic heterocycles. The van der Waals surface area contributed by atoms with E-state index in [4.69, 9.17) is 14.2 Å². The maximum absolute atomic E-state index is 11.6. The normalized spacial score (nSPS) is 23.6. The fourth-order valence-corrected chi connectivity index (χ4v) is 5.69. The second-order valence-corrected chi connectivity index (χ2v) is 11.6.